The molecule has 0 aliphatic heterocycles. The van der Waals surface area contributed by atoms with E-state index in [9.17, 15) is 4.79 Å². The molecule has 0 aromatic rings. The van der Waals surface area contributed by atoms with Crippen molar-refractivity contribution in [2.45, 2.75) is 52.7 Å². The zero-order valence-corrected chi connectivity index (χ0v) is 10.1. The van der Waals surface area contributed by atoms with Crippen LogP contribution in [0.4, 0.5) is 4.79 Å². The van der Waals surface area contributed by atoms with Crippen molar-refractivity contribution in [2.75, 3.05) is 0 Å². The number of rotatable bonds is 3. The SMILES string of the molecule is CCC(C)[C@@H](C#N)NC(=O)OC(C)(C)C. The van der Waals surface area contributed by atoms with Crippen molar-refractivity contribution in [1.82, 2.24) is 5.32 Å². The molecule has 0 aromatic carbocycles. The summed E-state index contributed by atoms with van der Waals surface area (Å²) in [5.41, 5.74) is -0.528. The summed E-state index contributed by atoms with van der Waals surface area (Å²) < 4.78 is 5.06. The molecule has 0 aliphatic carbocycles. The molecular formula is C11H20N2O2. The molecule has 15 heavy (non-hydrogen) atoms. The molecule has 0 spiro atoms. The molecule has 0 fully saturated rings. The molecule has 0 rings (SSSR count). The van der Waals surface area contributed by atoms with E-state index in [-0.39, 0.29) is 5.92 Å². The highest BCUT2D eigenvalue weighted by atomic mass is 16.6. The summed E-state index contributed by atoms with van der Waals surface area (Å²) in [5, 5.41) is 11.4. The number of amides is 1. The zero-order valence-electron chi connectivity index (χ0n) is 10.1. The highest BCUT2D eigenvalue weighted by Crippen LogP contribution is 2.10. The lowest BCUT2D eigenvalue weighted by Crippen LogP contribution is -2.41. The monoisotopic (exact) mass is 212 g/mol. The number of ether oxygens (including phenoxy) is 1. The lowest BCUT2D eigenvalue weighted by Gasteiger charge is -2.22. The number of hydrogen-bond donors (Lipinski definition) is 1. The largest absolute Gasteiger partial charge is 0.444 e. The van der Waals surface area contributed by atoms with Crippen molar-refractivity contribution in [2.24, 2.45) is 5.92 Å². The van der Waals surface area contributed by atoms with E-state index in [1.165, 1.54) is 0 Å². The van der Waals surface area contributed by atoms with E-state index in [4.69, 9.17) is 10.00 Å². The van der Waals surface area contributed by atoms with Crippen LogP contribution in [0.1, 0.15) is 41.0 Å². The Morgan fingerprint density at radius 1 is 1.53 bits per heavy atom. The minimum atomic E-state index is -0.533. The van der Waals surface area contributed by atoms with E-state index < -0.39 is 17.7 Å². The molecule has 1 amide bonds. The van der Waals surface area contributed by atoms with Crippen LogP contribution in [0.2, 0.25) is 0 Å². The molecule has 0 saturated carbocycles. The van der Waals surface area contributed by atoms with E-state index in [0.29, 0.717) is 0 Å². The van der Waals surface area contributed by atoms with Gasteiger partial charge in [0.1, 0.15) is 11.6 Å². The highest BCUT2D eigenvalue weighted by molar-refractivity contribution is 5.68. The molecule has 4 heteroatoms. The molecule has 0 heterocycles. The first-order valence-corrected chi connectivity index (χ1v) is 5.19. The van der Waals surface area contributed by atoms with Gasteiger partial charge in [0.15, 0.2) is 0 Å². The Morgan fingerprint density at radius 2 is 2.07 bits per heavy atom. The molecule has 86 valence electrons. The predicted octanol–water partition coefficient (Wildman–Crippen LogP) is 2.45. The van der Waals surface area contributed by atoms with Crippen molar-refractivity contribution in [3.8, 4) is 6.07 Å². The Labute approximate surface area is 91.6 Å². The molecule has 1 N–H and O–H groups in total. The van der Waals surface area contributed by atoms with Gasteiger partial charge in [0.05, 0.1) is 6.07 Å². The lowest BCUT2D eigenvalue weighted by molar-refractivity contribution is 0.0503. The van der Waals surface area contributed by atoms with Gasteiger partial charge in [-0.3, -0.25) is 0 Å². The maximum atomic E-state index is 11.4. The first-order chi connectivity index (χ1) is 6.80. The van der Waals surface area contributed by atoms with E-state index in [2.05, 4.69) is 11.4 Å². The van der Waals surface area contributed by atoms with Crippen molar-refractivity contribution >= 4 is 6.09 Å². The molecule has 4 nitrogen and oxygen atoms in total. The van der Waals surface area contributed by atoms with Crippen LogP contribution in [0.5, 0.6) is 0 Å². The molecule has 1 unspecified atom stereocenters. The Balaban J connectivity index is 4.21. The fourth-order valence-corrected chi connectivity index (χ4v) is 0.972. The molecule has 0 aliphatic rings. The third-order valence-electron chi connectivity index (χ3n) is 2.02. The van der Waals surface area contributed by atoms with Crippen molar-refractivity contribution in [3.05, 3.63) is 0 Å². The van der Waals surface area contributed by atoms with Crippen molar-refractivity contribution in [1.29, 1.82) is 5.26 Å². The predicted molar refractivity (Wildman–Crippen MR) is 58.2 cm³/mol. The van der Waals surface area contributed by atoms with E-state index >= 15 is 0 Å². The molecule has 0 bridgehead atoms. The number of hydrogen-bond acceptors (Lipinski definition) is 3. The maximum Gasteiger partial charge on any atom is 0.408 e. The Bertz CT molecular complexity index is 250. The number of nitriles is 1. The van der Waals surface area contributed by atoms with Gasteiger partial charge in [0.2, 0.25) is 0 Å². The lowest BCUT2D eigenvalue weighted by atomic mass is 10.0. The average Bonchev–Trinajstić information content (AvgIpc) is 2.10. The smallest absolute Gasteiger partial charge is 0.408 e. The van der Waals surface area contributed by atoms with Gasteiger partial charge in [-0.25, -0.2) is 4.79 Å². The minimum Gasteiger partial charge on any atom is -0.444 e. The first-order valence-electron chi connectivity index (χ1n) is 5.19. The van der Waals surface area contributed by atoms with Crippen LogP contribution < -0.4 is 5.32 Å². The summed E-state index contributed by atoms with van der Waals surface area (Å²) >= 11 is 0. The number of carbonyl (C=O) groups is 1. The van der Waals surface area contributed by atoms with Gasteiger partial charge in [-0.2, -0.15) is 5.26 Å². The number of alkyl carbamates (subject to hydrolysis) is 1. The van der Waals surface area contributed by atoms with Crippen molar-refractivity contribution < 1.29 is 9.53 Å². The van der Waals surface area contributed by atoms with Gasteiger partial charge in [-0.15, -0.1) is 0 Å². The van der Waals surface area contributed by atoms with Crippen LogP contribution in [-0.4, -0.2) is 17.7 Å². The fraction of sp³-hybridized carbons (Fsp3) is 0.818. The van der Waals surface area contributed by atoms with E-state index in [0.717, 1.165) is 6.42 Å². The Morgan fingerprint density at radius 3 is 2.40 bits per heavy atom. The van der Waals surface area contributed by atoms with Gasteiger partial charge in [-0.1, -0.05) is 20.3 Å². The number of nitrogens with zero attached hydrogens (tertiary/aromatic N) is 1. The summed E-state index contributed by atoms with van der Waals surface area (Å²) in [4.78, 5) is 11.4. The van der Waals surface area contributed by atoms with Gasteiger partial charge in [0, 0.05) is 0 Å². The van der Waals surface area contributed by atoms with E-state index in [1.807, 2.05) is 13.8 Å². The average molecular weight is 212 g/mol. The van der Waals surface area contributed by atoms with Crippen molar-refractivity contribution in [3.63, 3.8) is 0 Å². The molecular weight excluding hydrogens is 192 g/mol. The second kappa shape index (κ2) is 5.59. The van der Waals surface area contributed by atoms with Crippen LogP contribution in [0, 0.1) is 17.2 Å². The maximum absolute atomic E-state index is 11.4. The van der Waals surface area contributed by atoms with Crippen LogP contribution in [0.25, 0.3) is 0 Å². The third kappa shape index (κ3) is 5.95. The summed E-state index contributed by atoms with van der Waals surface area (Å²) in [6, 6.07) is 1.58. The summed E-state index contributed by atoms with van der Waals surface area (Å²) in [7, 11) is 0. The Hall–Kier alpha value is -1.24. The standard InChI is InChI=1S/C11H20N2O2/c1-6-8(2)9(7-12)13-10(14)15-11(3,4)5/h8-9H,6H2,1-5H3,(H,13,14)/t8?,9-/m1/s1. The van der Waals surface area contributed by atoms with Gasteiger partial charge < -0.3 is 10.1 Å². The van der Waals surface area contributed by atoms with Crippen LogP contribution >= 0.6 is 0 Å². The molecule has 0 saturated heterocycles. The van der Waals surface area contributed by atoms with Crippen LogP contribution in [-0.2, 0) is 4.74 Å². The van der Waals surface area contributed by atoms with Gasteiger partial charge in [0.25, 0.3) is 0 Å². The second-order valence-electron chi connectivity index (χ2n) is 4.64. The molecule has 0 aromatic heterocycles. The van der Waals surface area contributed by atoms with E-state index in [1.54, 1.807) is 20.8 Å². The quantitative estimate of drug-likeness (QED) is 0.781. The topological polar surface area (TPSA) is 62.1 Å². The zero-order chi connectivity index (χ0) is 12.1. The summed E-state index contributed by atoms with van der Waals surface area (Å²) in [6.07, 6.45) is 0.308. The fourth-order valence-electron chi connectivity index (χ4n) is 0.972. The summed E-state index contributed by atoms with van der Waals surface area (Å²) in [5.74, 6) is 0.127. The van der Waals surface area contributed by atoms with Crippen LogP contribution in [0.3, 0.4) is 0 Å². The second-order valence-corrected chi connectivity index (χ2v) is 4.64. The van der Waals surface area contributed by atoms with Gasteiger partial charge in [-0.05, 0) is 26.7 Å². The summed E-state index contributed by atoms with van der Waals surface area (Å²) in [6.45, 7) is 9.27. The van der Waals surface area contributed by atoms with Crippen LogP contribution in [0.15, 0.2) is 0 Å². The Kier molecular flexibility index (Phi) is 5.13. The highest BCUT2D eigenvalue weighted by Gasteiger charge is 2.21. The molecule has 2 atom stereocenters. The molecule has 0 radical (unpaired) electrons. The minimum absolute atomic E-state index is 0.127. The number of nitrogens with one attached hydrogen (secondary N) is 1. The normalized spacial score (nSPS) is 14.9. The third-order valence-corrected chi connectivity index (χ3v) is 2.02. The number of carbonyl (C=O) groups excluding carboxylic acids is 1. The first kappa shape index (κ1) is 13.8. The van der Waals surface area contributed by atoms with Gasteiger partial charge >= 0.3 is 6.09 Å².